The molecule has 0 spiro atoms. The molecule has 1 rings (SSSR count). The van der Waals surface area contributed by atoms with Gasteiger partial charge in [-0.15, -0.1) is 0 Å². The first-order valence-corrected chi connectivity index (χ1v) is 10.7. The predicted molar refractivity (Wildman–Crippen MR) is 120 cm³/mol. The van der Waals surface area contributed by atoms with Crippen molar-refractivity contribution in [3.63, 3.8) is 0 Å². The van der Waals surface area contributed by atoms with Crippen molar-refractivity contribution in [2.24, 2.45) is 22.7 Å². The lowest BCUT2D eigenvalue weighted by Gasteiger charge is -2.23. The van der Waals surface area contributed by atoms with Crippen LogP contribution in [0.1, 0.15) is 74.3 Å². The van der Waals surface area contributed by atoms with Crippen LogP contribution in [0.4, 0.5) is 0 Å². The van der Waals surface area contributed by atoms with Crippen molar-refractivity contribution in [3.05, 3.63) is 35.9 Å². The molecular weight excluding hydrogens is 364 g/mol. The van der Waals surface area contributed by atoms with Gasteiger partial charge in [-0.2, -0.15) is 0 Å². The molecule has 0 aliphatic rings. The molecule has 0 N–H and O–H groups in total. The third kappa shape index (κ3) is 11.7. The summed E-state index contributed by atoms with van der Waals surface area (Å²) in [5.74, 6) is 0.599. The largest absolute Gasteiger partial charge is 0.465 e. The molecule has 166 valence electrons. The zero-order chi connectivity index (χ0) is 22.7. The van der Waals surface area contributed by atoms with E-state index in [1.165, 1.54) is 5.56 Å². The fourth-order valence-electron chi connectivity index (χ4n) is 2.20. The predicted octanol–water partition coefficient (Wildman–Crippen LogP) is 6.08. The van der Waals surface area contributed by atoms with Crippen molar-refractivity contribution in [2.45, 2.75) is 75.2 Å². The van der Waals surface area contributed by atoms with E-state index in [4.69, 9.17) is 9.47 Å². The maximum absolute atomic E-state index is 12.0. The molecule has 0 unspecified atom stereocenters. The minimum absolute atomic E-state index is 0.0845. The average Bonchev–Trinajstić information content (AvgIpc) is 2.64. The first-order chi connectivity index (χ1) is 13.3. The summed E-state index contributed by atoms with van der Waals surface area (Å²) >= 11 is 0. The topological polar surface area (TPSA) is 52.6 Å². The summed E-state index contributed by atoms with van der Waals surface area (Å²) < 4.78 is 10.4. The fraction of sp³-hybridized carbons (Fsp3) is 0.680. The van der Waals surface area contributed by atoms with Crippen LogP contribution in [-0.2, 0) is 25.5 Å². The molecule has 0 atom stereocenters. The van der Waals surface area contributed by atoms with Gasteiger partial charge in [0.2, 0.25) is 0 Å². The average molecular weight is 407 g/mol. The van der Waals surface area contributed by atoms with Gasteiger partial charge >= 0.3 is 11.9 Å². The Labute approximate surface area is 178 Å². The van der Waals surface area contributed by atoms with E-state index in [2.05, 4.69) is 0 Å². The normalized spacial score (nSPS) is 11.7. The Morgan fingerprint density at radius 3 is 1.59 bits per heavy atom. The second-order valence-electron chi connectivity index (χ2n) is 9.77. The van der Waals surface area contributed by atoms with Crippen LogP contribution in [0.5, 0.6) is 0 Å². The summed E-state index contributed by atoms with van der Waals surface area (Å²) in [6.07, 6.45) is 1.54. The molecule has 4 nitrogen and oxygen atoms in total. The number of carbonyl (C=O) groups is 2. The van der Waals surface area contributed by atoms with Crippen molar-refractivity contribution in [1.29, 1.82) is 0 Å². The molecule has 4 heteroatoms. The molecule has 0 saturated heterocycles. The highest BCUT2D eigenvalue weighted by Gasteiger charge is 2.29. The quantitative estimate of drug-likeness (QED) is 0.467. The van der Waals surface area contributed by atoms with Crippen LogP contribution in [0.25, 0.3) is 0 Å². The van der Waals surface area contributed by atoms with Crippen LogP contribution in [-0.4, -0.2) is 25.2 Å². The molecule has 1 aromatic carbocycles. The molecule has 1 aromatic rings. The Morgan fingerprint density at radius 1 is 0.793 bits per heavy atom. The zero-order valence-electron chi connectivity index (χ0n) is 20.0. The molecular formula is C25H42O4. The van der Waals surface area contributed by atoms with Crippen LogP contribution in [0, 0.1) is 22.7 Å². The van der Waals surface area contributed by atoms with E-state index in [9.17, 15) is 9.59 Å². The van der Waals surface area contributed by atoms with Gasteiger partial charge in [-0.05, 0) is 57.9 Å². The van der Waals surface area contributed by atoms with Crippen LogP contribution in [0.3, 0.4) is 0 Å². The summed E-state index contributed by atoms with van der Waals surface area (Å²) in [4.78, 5) is 23.3. The van der Waals surface area contributed by atoms with Gasteiger partial charge in [-0.1, -0.05) is 65.0 Å². The lowest BCUT2D eigenvalue weighted by atomic mass is 9.86. The summed E-state index contributed by atoms with van der Waals surface area (Å²) in [6.45, 7) is 18.9. The van der Waals surface area contributed by atoms with E-state index >= 15 is 0 Å². The number of rotatable bonds is 9. The smallest absolute Gasteiger partial charge is 0.311 e. The molecule has 0 bridgehead atoms. The second kappa shape index (κ2) is 12.7. The summed E-state index contributed by atoms with van der Waals surface area (Å²) in [5.41, 5.74) is 0.379. The summed E-state index contributed by atoms with van der Waals surface area (Å²) in [5, 5.41) is 0. The minimum atomic E-state index is -0.462. The van der Waals surface area contributed by atoms with E-state index in [0.29, 0.717) is 31.5 Å². The van der Waals surface area contributed by atoms with Crippen molar-refractivity contribution >= 4 is 11.9 Å². The van der Waals surface area contributed by atoms with Crippen molar-refractivity contribution in [3.8, 4) is 0 Å². The summed E-state index contributed by atoms with van der Waals surface area (Å²) in [7, 11) is 0. The molecule has 0 saturated carbocycles. The summed E-state index contributed by atoms with van der Waals surface area (Å²) in [6, 6.07) is 10.0. The monoisotopic (exact) mass is 406 g/mol. The van der Waals surface area contributed by atoms with Gasteiger partial charge < -0.3 is 9.47 Å². The van der Waals surface area contributed by atoms with E-state index in [-0.39, 0.29) is 17.4 Å². The number of hydrogen-bond acceptors (Lipinski definition) is 4. The number of carbonyl (C=O) groups excluding carboxylic acids is 2. The Kier molecular flexibility index (Phi) is 11.9. The number of benzene rings is 1. The molecule has 0 amide bonds. The first-order valence-electron chi connectivity index (χ1n) is 10.7. The SMILES string of the molecule is CC(C)COC(=O)C(C)(C)Cc1ccccc1.CCC(C)(C)C(=O)OCC(C)C. The fourth-order valence-corrected chi connectivity index (χ4v) is 2.20. The molecule has 29 heavy (non-hydrogen) atoms. The third-order valence-electron chi connectivity index (χ3n) is 4.57. The molecule has 0 heterocycles. The van der Waals surface area contributed by atoms with Crippen LogP contribution in [0.2, 0.25) is 0 Å². The molecule has 0 aromatic heterocycles. The number of esters is 2. The maximum Gasteiger partial charge on any atom is 0.311 e. The number of ether oxygens (including phenoxy) is 2. The highest BCUT2D eigenvalue weighted by molar-refractivity contribution is 5.76. The number of hydrogen-bond donors (Lipinski definition) is 0. The molecule has 0 radical (unpaired) electrons. The van der Waals surface area contributed by atoms with Gasteiger partial charge in [0.25, 0.3) is 0 Å². The highest BCUT2D eigenvalue weighted by atomic mass is 16.5. The van der Waals surface area contributed by atoms with E-state index < -0.39 is 5.41 Å². The van der Waals surface area contributed by atoms with Gasteiger partial charge in [0.05, 0.1) is 24.0 Å². The van der Waals surface area contributed by atoms with Crippen molar-refractivity contribution in [2.75, 3.05) is 13.2 Å². The van der Waals surface area contributed by atoms with Gasteiger partial charge in [0.15, 0.2) is 0 Å². The molecule has 0 aliphatic heterocycles. The molecule has 0 fully saturated rings. The first kappa shape index (κ1) is 27.2. The van der Waals surface area contributed by atoms with Crippen molar-refractivity contribution < 1.29 is 19.1 Å². The van der Waals surface area contributed by atoms with Gasteiger partial charge in [-0.3, -0.25) is 9.59 Å². The van der Waals surface area contributed by atoms with Crippen LogP contribution >= 0.6 is 0 Å². The molecule has 0 aliphatic carbocycles. The van der Waals surface area contributed by atoms with Crippen LogP contribution in [0.15, 0.2) is 30.3 Å². The maximum atomic E-state index is 12.0. The van der Waals surface area contributed by atoms with Gasteiger partial charge in [-0.25, -0.2) is 0 Å². The Balaban J connectivity index is 0.000000578. The Hall–Kier alpha value is -1.84. The lowest BCUT2D eigenvalue weighted by molar-refractivity contribution is -0.155. The zero-order valence-corrected chi connectivity index (χ0v) is 20.0. The van der Waals surface area contributed by atoms with E-state index in [1.807, 2.05) is 92.6 Å². The Bertz CT molecular complexity index is 601. The lowest BCUT2D eigenvalue weighted by Crippen LogP contribution is -2.30. The van der Waals surface area contributed by atoms with Gasteiger partial charge in [0, 0.05) is 0 Å². The standard InChI is InChI=1S/C15H22O2.C10H20O2/c1-12(2)11-17-14(16)15(3,4)10-13-8-6-5-7-9-13;1-6-10(4,5)9(11)12-7-8(2)3/h5-9,12H,10-11H2,1-4H3;8H,6-7H2,1-5H3. The van der Waals surface area contributed by atoms with Crippen molar-refractivity contribution in [1.82, 2.24) is 0 Å². The van der Waals surface area contributed by atoms with E-state index in [0.717, 1.165) is 6.42 Å². The Morgan fingerprint density at radius 2 is 1.21 bits per heavy atom. The van der Waals surface area contributed by atoms with Gasteiger partial charge in [0.1, 0.15) is 0 Å². The highest BCUT2D eigenvalue weighted by Crippen LogP contribution is 2.24. The van der Waals surface area contributed by atoms with Crippen LogP contribution < -0.4 is 0 Å². The minimum Gasteiger partial charge on any atom is -0.465 e. The van der Waals surface area contributed by atoms with E-state index in [1.54, 1.807) is 0 Å². The second-order valence-corrected chi connectivity index (χ2v) is 9.77. The third-order valence-corrected chi connectivity index (χ3v) is 4.57.